The SMILES string of the molecule is CSCCCCNCC(O)COc1ccccc1. The second kappa shape index (κ2) is 10.2. The average Bonchev–Trinajstić information content (AvgIpc) is 2.41. The maximum absolute atomic E-state index is 9.72. The van der Waals surface area contributed by atoms with Crippen LogP contribution in [0, 0.1) is 0 Å². The van der Waals surface area contributed by atoms with Gasteiger partial charge in [-0.3, -0.25) is 0 Å². The molecule has 1 unspecified atom stereocenters. The first-order chi connectivity index (χ1) is 8.83. The number of para-hydroxylation sites is 1. The van der Waals surface area contributed by atoms with Crippen molar-refractivity contribution in [3.63, 3.8) is 0 Å². The average molecular weight is 269 g/mol. The van der Waals surface area contributed by atoms with Gasteiger partial charge in [0.15, 0.2) is 0 Å². The molecule has 0 radical (unpaired) electrons. The van der Waals surface area contributed by atoms with E-state index in [-0.39, 0.29) is 0 Å². The second-order valence-electron chi connectivity index (χ2n) is 4.18. The Hall–Kier alpha value is -0.710. The van der Waals surface area contributed by atoms with Crippen LogP contribution in [0.15, 0.2) is 30.3 Å². The number of aliphatic hydroxyl groups excluding tert-OH is 1. The maximum atomic E-state index is 9.72. The topological polar surface area (TPSA) is 41.5 Å². The van der Waals surface area contributed by atoms with Crippen LogP contribution in [-0.4, -0.2) is 42.9 Å². The predicted octanol–water partition coefficient (Wildman–Crippen LogP) is 2.16. The molecule has 0 heterocycles. The van der Waals surface area contributed by atoms with E-state index in [0.29, 0.717) is 13.2 Å². The summed E-state index contributed by atoms with van der Waals surface area (Å²) in [6, 6.07) is 9.57. The van der Waals surface area contributed by atoms with Crippen LogP contribution in [0.1, 0.15) is 12.8 Å². The zero-order chi connectivity index (χ0) is 13.1. The van der Waals surface area contributed by atoms with Gasteiger partial charge in [-0.25, -0.2) is 0 Å². The van der Waals surface area contributed by atoms with E-state index < -0.39 is 6.10 Å². The number of aliphatic hydroxyl groups is 1. The lowest BCUT2D eigenvalue weighted by atomic mass is 10.3. The molecule has 18 heavy (non-hydrogen) atoms. The molecule has 102 valence electrons. The van der Waals surface area contributed by atoms with Crippen molar-refractivity contribution in [1.82, 2.24) is 5.32 Å². The van der Waals surface area contributed by atoms with Crippen molar-refractivity contribution in [3.8, 4) is 5.75 Å². The number of nitrogens with one attached hydrogen (secondary N) is 1. The number of hydrogen-bond donors (Lipinski definition) is 2. The summed E-state index contributed by atoms with van der Waals surface area (Å²) < 4.78 is 5.47. The first-order valence-electron chi connectivity index (χ1n) is 6.38. The first-order valence-corrected chi connectivity index (χ1v) is 7.78. The number of benzene rings is 1. The van der Waals surface area contributed by atoms with E-state index in [4.69, 9.17) is 4.74 Å². The van der Waals surface area contributed by atoms with Gasteiger partial charge in [0.05, 0.1) is 0 Å². The van der Waals surface area contributed by atoms with Gasteiger partial charge in [0.25, 0.3) is 0 Å². The monoisotopic (exact) mass is 269 g/mol. The van der Waals surface area contributed by atoms with Gasteiger partial charge in [0, 0.05) is 6.54 Å². The van der Waals surface area contributed by atoms with E-state index in [0.717, 1.165) is 18.7 Å². The van der Waals surface area contributed by atoms with Crippen molar-refractivity contribution in [2.75, 3.05) is 31.7 Å². The molecule has 1 rings (SSSR count). The number of rotatable bonds is 10. The van der Waals surface area contributed by atoms with Crippen molar-refractivity contribution >= 4 is 11.8 Å². The van der Waals surface area contributed by atoms with E-state index >= 15 is 0 Å². The molecule has 0 aliphatic rings. The van der Waals surface area contributed by atoms with Crippen LogP contribution in [0.3, 0.4) is 0 Å². The highest BCUT2D eigenvalue weighted by Gasteiger charge is 2.04. The molecular weight excluding hydrogens is 246 g/mol. The molecule has 3 nitrogen and oxygen atoms in total. The normalized spacial score (nSPS) is 12.3. The van der Waals surface area contributed by atoms with Crippen LogP contribution in [0.4, 0.5) is 0 Å². The van der Waals surface area contributed by atoms with Crippen molar-refractivity contribution in [1.29, 1.82) is 0 Å². The standard InChI is InChI=1S/C14H23NO2S/c1-18-10-6-5-9-15-11-13(16)12-17-14-7-3-2-4-8-14/h2-4,7-8,13,15-16H,5-6,9-12H2,1H3. The molecule has 0 spiro atoms. The summed E-state index contributed by atoms with van der Waals surface area (Å²) >= 11 is 1.87. The Kier molecular flexibility index (Phi) is 8.73. The minimum atomic E-state index is -0.453. The van der Waals surface area contributed by atoms with Gasteiger partial charge in [0.2, 0.25) is 0 Å². The van der Waals surface area contributed by atoms with E-state index in [1.807, 2.05) is 42.1 Å². The van der Waals surface area contributed by atoms with Crippen molar-refractivity contribution in [3.05, 3.63) is 30.3 Å². The Balaban J connectivity index is 1.99. The van der Waals surface area contributed by atoms with Crippen LogP contribution >= 0.6 is 11.8 Å². The highest BCUT2D eigenvalue weighted by molar-refractivity contribution is 7.98. The fourth-order valence-electron chi connectivity index (χ4n) is 1.53. The fraction of sp³-hybridized carbons (Fsp3) is 0.571. The lowest BCUT2D eigenvalue weighted by Crippen LogP contribution is -2.32. The smallest absolute Gasteiger partial charge is 0.119 e. The summed E-state index contributed by atoms with van der Waals surface area (Å²) in [6.07, 6.45) is 4.06. The molecule has 0 saturated carbocycles. The molecule has 0 saturated heterocycles. The molecule has 1 aromatic rings. The molecule has 0 bridgehead atoms. The van der Waals surface area contributed by atoms with Crippen molar-refractivity contribution in [2.24, 2.45) is 0 Å². The molecular formula is C14H23NO2S. The fourth-order valence-corrected chi connectivity index (χ4v) is 2.03. The lowest BCUT2D eigenvalue weighted by Gasteiger charge is -2.13. The van der Waals surface area contributed by atoms with Crippen LogP contribution < -0.4 is 10.1 Å². The molecule has 0 aliphatic carbocycles. The van der Waals surface area contributed by atoms with Gasteiger partial charge in [-0.1, -0.05) is 18.2 Å². The zero-order valence-corrected chi connectivity index (χ0v) is 11.8. The third-order valence-corrected chi connectivity index (χ3v) is 3.21. The minimum Gasteiger partial charge on any atom is -0.491 e. The Labute approximate surface area is 114 Å². The summed E-state index contributed by atoms with van der Waals surface area (Å²) in [7, 11) is 0. The van der Waals surface area contributed by atoms with E-state index in [1.54, 1.807) is 0 Å². The van der Waals surface area contributed by atoms with Gasteiger partial charge in [-0.2, -0.15) is 11.8 Å². The quantitative estimate of drug-likeness (QED) is 0.639. The van der Waals surface area contributed by atoms with Gasteiger partial charge >= 0.3 is 0 Å². The Morgan fingerprint density at radius 3 is 2.78 bits per heavy atom. The molecule has 2 N–H and O–H groups in total. The number of unbranched alkanes of at least 4 members (excludes halogenated alkanes) is 1. The van der Waals surface area contributed by atoms with E-state index in [9.17, 15) is 5.11 Å². The molecule has 4 heteroatoms. The molecule has 1 aromatic carbocycles. The summed E-state index contributed by atoms with van der Waals surface area (Å²) in [5.41, 5.74) is 0. The van der Waals surface area contributed by atoms with Crippen LogP contribution in [0.2, 0.25) is 0 Å². The Morgan fingerprint density at radius 1 is 1.28 bits per heavy atom. The maximum Gasteiger partial charge on any atom is 0.119 e. The van der Waals surface area contributed by atoms with E-state index in [1.165, 1.54) is 12.2 Å². The Morgan fingerprint density at radius 2 is 2.06 bits per heavy atom. The van der Waals surface area contributed by atoms with E-state index in [2.05, 4.69) is 11.6 Å². The number of thioether (sulfide) groups is 1. The zero-order valence-electron chi connectivity index (χ0n) is 11.0. The third-order valence-electron chi connectivity index (χ3n) is 2.52. The number of hydrogen-bond acceptors (Lipinski definition) is 4. The highest BCUT2D eigenvalue weighted by Crippen LogP contribution is 2.08. The Bertz CT molecular complexity index is 295. The summed E-state index contributed by atoms with van der Waals surface area (Å²) in [6.45, 7) is 1.89. The summed E-state index contributed by atoms with van der Waals surface area (Å²) in [4.78, 5) is 0. The molecule has 0 aliphatic heterocycles. The summed E-state index contributed by atoms with van der Waals surface area (Å²) in [5.74, 6) is 2.01. The summed E-state index contributed by atoms with van der Waals surface area (Å²) in [5, 5.41) is 13.0. The number of ether oxygens (including phenoxy) is 1. The first kappa shape index (κ1) is 15.3. The van der Waals surface area contributed by atoms with Crippen LogP contribution in [-0.2, 0) is 0 Å². The van der Waals surface area contributed by atoms with Crippen molar-refractivity contribution in [2.45, 2.75) is 18.9 Å². The van der Waals surface area contributed by atoms with Crippen LogP contribution in [0.5, 0.6) is 5.75 Å². The second-order valence-corrected chi connectivity index (χ2v) is 5.17. The minimum absolute atomic E-state index is 0.335. The molecule has 1 atom stereocenters. The van der Waals surface area contributed by atoms with Gasteiger partial charge in [-0.05, 0) is 43.5 Å². The van der Waals surface area contributed by atoms with Crippen molar-refractivity contribution < 1.29 is 9.84 Å². The molecule has 0 fully saturated rings. The third kappa shape index (κ3) is 7.58. The van der Waals surface area contributed by atoms with Gasteiger partial charge in [0.1, 0.15) is 18.5 Å². The highest BCUT2D eigenvalue weighted by atomic mass is 32.2. The largest absolute Gasteiger partial charge is 0.491 e. The molecule has 0 amide bonds. The molecule has 0 aromatic heterocycles. The van der Waals surface area contributed by atoms with Gasteiger partial charge in [-0.15, -0.1) is 0 Å². The van der Waals surface area contributed by atoms with Crippen LogP contribution in [0.25, 0.3) is 0 Å². The predicted molar refractivity (Wildman–Crippen MR) is 78.4 cm³/mol. The van der Waals surface area contributed by atoms with Gasteiger partial charge < -0.3 is 15.2 Å². The lowest BCUT2D eigenvalue weighted by molar-refractivity contribution is 0.106.